The van der Waals surface area contributed by atoms with Gasteiger partial charge >= 0.3 is 0 Å². The first-order valence-electron chi connectivity index (χ1n) is 7.34. The molecule has 3 N–H and O–H groups in total. The number of halogens is 1. The van der Waals surface area contributed by atoms with Gasteiger partial charge in [0.05, 0.1) is 0 Å². The van der Waals surface area contributed by atoms with E-state index in [1.54, 1.807) is 13.0 Å². The van der Waals surface area contributed by atoms with Crippen molar-refractivity contribution in [2.75, 3.05) is 0 Å². The molecule has 21 heavy (non-hydrogen) atoms. The molecule has 1 amide bonds. The Balaban J connectivity index is 2.79. The van der Waals surface area contributed by atoms with E-state index in [0.717, 1.165) is 6.42 Å². The van der Waals surface area contributed by atoms with E-state index < -0.39 is 6.10 Å². The van der Waals surface area contributed by atoms with Gasteiger partial charge in [-0.05, 0) is 57.4 Å². The molecule has 3 atom stereocenters. The molecule has 0 fully saturated rings. The van der Waals surface area contributed by atoms with Crippen molar-refractivity contribution >= 4 is 5.91 Å². The van der Waals surface area contributed by atoms with Crippen LogP contribution in [0.15, 0.2) is 18.2 Å². The number of ether oxygens (including phenoxy) is 1. The smallest absolute Gasteiger partial charge is 0.260 e. The molecule has 0 heterocycles. The largest absolute Gasteiger partial charge is 0.481 e. The molecule has 5 heteroatoms. The van der Waals surface area contributed by atoms with Gasteiger partial charge in [-0.25, -0.2) is 4.39 Å². The number of hydrogen-bond donors (Lipinski definition) is 2. The molecule has 0 saturated carbocycles. The Bertz CT molecular complexity index is 477. The van der Waals surface area contributed by atoms with Crippen LogP contribution in [0.1, 0.15) is 39.7 Å². The van der Waals surface area contributed by atoms with Crippen LogP contribution in [0.25, 0.3) is 0 Å². The zero-order valence-corrected chi connectivity index (χ0v) is 13.2. The highest BCUT2D eigenvalue weighted by Gasteiger charge is 2.18. The number of benzene rings is 1. The van der Waals surface area contributed by atoms with Gasteiger partial charge in [-0.3, -0.25) is 4.79 Å². The SMILES string of the molecule is CCC(C)NC(=O)C(C)Oc1ccc(F)cc1CC(C)N. The molecule has 0 aliphatic heterocycles. The van der Waals surface area contributed by atoms with E-state index in [1.165, 1.54) is 12.1 Å². The van der Waals surface area contributed by atoms with E-state index in [-0.39, 0.29) is 23.8 Å². The molecule has 118 valence electrons. The lowest BCUT2D eigenvalue weighted by Gasteiger charge is -2.20. The molecule has 0 aliphatic rings. The van der Waals surface area contributed by atoms with Crippen LogP contribution >= 0.6 is 0 Å². The van der Waals surface area contributed by atoms with E-state index in [0.29, 0.717) is 17.7 Å². The zero-order chi connectivity index (χ0) is 16.0. The van der Waals surface area contributed by atoms with E-state index >= 15 is 0 Å². The van der Waals surface area contributed by atoms with Crippen molar-refractivity contribution in [1.82, 2.24) is 5.32 Å². The number of carbonyl (C=O) groups is 1. The Hall–Kier alpha value is -1.62. The number of nitrogens with one attached hydrogen (secondary N) is 1. The van der Waals surface area contributed by atoms with Gasteiger partial charge in [0, 0.05) is 12.1 Å². The van der Waals surface area contributed by atoms with Crippen LogP contribution in [-0.4, -0.2) is 24.1 Å². The van der Waals surface area contributed by atoms with E-state index in [4.69, 9.17) is 10.5 Å². The van der Waals surface area contributed by atoms with Crippen LogP contribution in [-0.2, 0) is 11.2 Å². The van der Waals surface area contributed by atoms with Gasteiger partial charge in [-0.1, -0.05) is 6.92 Å². The Morgan fingerprint density at radius 2 is 2.05 bits per heavy atom. The van der Waals surface area contributed by atoms with E-state index in [2.05, 4.69) is 5.32 Å². The fourth-order valence-corrected chi connectivity index (χ4v) is 1.88. The first-order chi connectivity index (χ1) is 9.83. The number of carbonyl (C=O) groups excluding carboxylic acids is 1. The van der Waals surface area contributed by atoms with E-state index in [9.17, 15) is 9.18 Å². The lowest BCUT2D eigenvalue weighted by atomic mass is 10.1. The molecule has 1 aromatic carbocycles. The predicted molar refractivity (Wildman–Crippen MR) is 81.7 cm³/mol. The topological polar surface area (TPSA) is 64.3 Å². The predicted octanol–water partition coefficient (Wildman–Crippen LogP) is 2.40. The molecular weight excluding hydrogens is 271 g/mol. The molecule has 3 unspecified atom stereocenters. The Morgan fingerprint density at radius 3 is 2.62 bits per heavy atom. The van der Waals surface area contributed by atoms with Crippen molar-refractivity contribution in [3.05, 3.63) is 29.6 Å². The average Bonchev–Trinajstić information content (AvgIpc) is 2.40. The Labute approximate surface area is 125 Å². The highest BCUT2D eigenvalue weighted by Crippen LogP contribution is 2.22. The quantitative estimate of drug-likeness (QED) is 0.812. The summed E-state index contributed by atoms with van der Waals surface area (Å²) in [6, 6.07) is 4.25. The van der Waals surface area contributed by atoms with Crippen LogP contribution in [0.4, 0.5) is 4.39 Å². The Morgan fingerprint density at radius 1 is 1.38 bits per heavy atom. The van der Waals surface area contributed by atoms with Gasteiger partial charge in [0.15, 0.2) is 6.10 Å². The van der Waals surface area contributed by atoms with Crippen molar-refractivity contribution in [3.63, 3.8) is 0 Å². The molecule has 0 bridgehead atoms. The summed E-state index contributed by atoms with van der Waals surface area (Å²) in [6.45, 7) is 7.45. The van der Waals surface area contributed by atoms with Crippen LogP contribution in [0, 0.1) is 5.82 Å². The molecule has 0 aliphatic carbocycles. The van der Waals surface area contributed by atoms with Gasteiger partial charge in [0.1, 0.15) is 11.6 Å². The Kier molecular flexibility index (Phi) is 6.62. The molecule has 4 nitrogen and oxygen atoms in total. The van der Waals surface area contributed by atoms with E-state index in [1.807, 2.05) is 20.8 Å². The highest BCUT2D eigenvalue weighted by atomic mass is 19.1. The summed E-state index contributed by atoms with van der Waals surface area (Å²) in [5.74, 6) is -0.0179. The van der Waals surface area contributed by atoms with Gasteiger partial charge in [-0.15, -0.1) is 0 Å². The molecule has 0 aromatic heterocycles. The lowest BCUT2D eigenvalue weighted by molar-refractivity contribution is -0.127. The van der Waals surface area contributed by atoms with Crippen molar-refractivity contribution in [2.24, 2.45) is 5.73 Å². The van der Waals surface area contributed by atoms with Crippen LogP contribution < -0.4 is 15.8 Å². The van der Waals surface area contributed by atoms with Crippen LogP contribution in [0.2, 0.25) is 0 Å². The lowest BCUT2D eigenvalue weighted by Crippen LogP contribution is -2.41. The highest BCUT2D eigenvalue weighted by molar-refractivity contribution is 5.81. The van der Waals surface area contributed by atoms with Gasteiger partial charge in [0.2, 0.25) is 0 Å². The maximum Gasteiger partial charge on any atom is 0.260 e. The monoisotopic (exact) mass is 296 g/mol. The summed E-state index contributed by atoms with van der Waals surface area (Å²) in [4.78, 5) is 12.0. The third-order valence-corrected chi connectivity index (χ3v) is 3.24. The molecular formula is C16H25FN2O2. The number of nitrogens with two attached hydrogens (primary N) is 1. The number of rotatable bonds is 7. The van der Waals surface area contributed by atoms with Crippen LogP contribution in [0.5, 0.6) is 5.75 Å². The minimum atomic E-state index is -0.642. The van der Waals surface area contributed by atoms with Crippen molar-refractivity contribution in [1.29, 1.82) is 0 Å². The van der Waals surface area contributed by atoms with Gasteiger partial charge in [0.25, 0.3) is 5.91 Å². The third kappa shape index (κ3) is 5.71. The average molecular weight is 296 g/mol. The number of amides is 1. The molecule has 0 saturated heterocycles. The first-order valence-corrected chi connectivity index (χ1v) is 7.34. The molecule has 1 aromatic rings. The maximum absolute atomic E-state index is 13.3. The third-order valence-electron chi connectivity index (χ3n) is 3.24. The minimum absolute atomic E-state index is 0.0975. The summed E-state index contributed by atoms with van der Waals surface area (Å²) in [5.41, 5.74) is 6.43. The summed E-state index contributed by atoms with van der Waals surface area (Å²) in [5, 5.41) is 2.86. The minimum Gasteiger partial charge on any atom is -0.481 e. The molecule has 0 radical (unpaired) electrons. The summed E-state index contributed by atoms with van der Waals surface area (Å²) in [7, 11) is 0. The molecule has 1 rings (SSSR count). The van der Waals surface area contributed by atoms with Crippen LogP contribution in [0.3, 0.4) is 0 Å². The fraction of sp³-hybridized carbons (Fsp3) is 0.562. The van der Waals surface area contributed by atoms with Crippen molar-refractivity contribution in [3.8, 4) is 5.75 Å². The second-order valence-corrected chi connectivity index (χ2v) is 5.51. The maximum atomic E-state index is 13.3. The fourth-order valence-electron chi connectivity index (χ4n) is 1.88. The summed E-state index contributed by atoms with van der Waals surface area (Å²) < 4.78 is 19.0. The van der Waals surface area contributed by atoms with Crippen molar-refractivity contribution < 1.29 is 13.9 Å². The first kappa shape index (κ1) is 17.4. The standard InChI is InChI=1S/C16H25FN2O2/c1-5-11(3)19-16(20)12(4)21-15-7-6-14(17)9-13(15)8-10(2)18/h6-7,9-12H,5,8,18H2,1-4H3,(H,19,20). The summed E-state index contributed by atoms with van der Waals surface area (Å²) >= 11 is 0. The number of hydrogen-bond acceptors (Lipinski definition) is 3. The van der Waals surface area contributed by atoms with Crippen molar-refractivity contribution in [2.45, 2.75) is 58.7 Å². The van der Waals surface area contributed by atoms with Gasteiger partial charge < -0.3 is 15.8 Å². The summed E-state index contributed by atoms with van der Waals surface area (Å²) in [6.07, 6.45) is 0.703. The zero-order valence-electron chi connectivity index (χ0n) is 13.2. The second-order valence-electron chi connectivity index (χ2n) is 5.51. The van der Waals surface area contributed by atoms with Gasteiger partial charge in [-0.2, -0.15) is 0 Å². The normalized spacial score (nSPS) is 15.1. The molecule has 0 spiro atoms. The second kappa shape index (κ2) is 7.98.